The van der Waals surface area contributed by atoms with Crippen LogP contribution in [0.15, 0.2) is 53.4 Å². The number of carboxylic acids is 1. The van der Waals surface area contributed by atoms with Gasteiger partial charge >= 0.3 is 5.97 Å². The molecule has 0 saturated heterocycles. The molecule has 3 rings (SSSR count). The highest BCUT2D eigenvalue weighted by Crippen LogP contribution is 2.30. The third-order valence-electron chi connectivity index (χ3n) is 6.27. The maximum Gasteiger partial charge on any atom is 0.335 e. The second kappa shape index (κ2) is 12.6. The van der Waals surface area contributed by atoms with Crippen molar-refractivity contribution in [2.45, 2.75) is 58.4 Å². The van der Waals surface area contributed by atoms with Crippen molar-refractivity contribution in [3.63, 3.8) is 0 Å². The van der Waals surface area contributed by atoms with Gasteiger partial charge in [-0.25, -0.2) is 22.9 Å². The lowest BCUT2D eigenvalue weighted by Gasteiger charge is -2.26. The fraction of sp³-hybridized carbons (Fsp3) is 0.370. The molecular weight excluding hydrogens is 528 g/mol. The van der Waals surface area contributed by atoms with Crippen LogP contribution in [0.4, 0.5) is 5.95 Å². The van der Waals surface area contributed by atoms with Crippen LogP contribution in [0.5, 0.6) is 5.88 Å². The van der Waals surface area contributed by atoms with Crippen molar-refractivity contribution in [3.05, 3.63) is 65.2 Å². The van der Waals surface area contributed by atoms with Crippen molar-refractivity contribution in [2.24, 2.45) is 11.1 Å². The lowest BCUT2D eigenvalue weighted by Crippen LogP contribution is -2.33. The van der Waals surface area contributed by atoms with E-state index in [1.54, 1.807) is 6.07 Å². The van der Waals surface area contributed by atoms with Crippen LogP contribution in [0.25, 0.3) is 11.3 Å². The Balaban J connectivity index is 0.00000507. The van der Waals surface area contributed by atoms with Crippen LogP contribution in [-0.2, 0) is 10.0 Å². The molecule has 3 aromatic rings. The van der Waals surface area contributed by atoms with Gasteiger partial charge in [0.1, 0.15) is 6.61 Å². The van der Waals surface area contributed by atoms with Gasteiger partial charge in [0, 0.05) is 17.7 Å². The number of anilines is 1. The highest BCUT2D eigenvalue weighted by atomic mass is 35.5. The van der Waals surface area contributed by atoms with Gasteiger partial charge in [0.05, 0.1) is 16.2 Å². The molecule has 11 heteroatoms. The number of halogens is 1. The Bertz CT molecular complexity index is 1380. The molecule has 1 unspecified atom stereocenters. The zero-order valence-corrected chi connectivity index (χ0v) is 23.8. The number of ether oxygens (including phenoxy) is 1. The third-order valence-corrected chi connectivity index (χ3v) is 7.60. The first-order chi connectivity index (χ1) is 17.3. The molecule has 0 aliphatic carbocycles. The number of nitrogens with two attached hydrogens (primary N) is 1. The van der Waals surface area contributed by atoms with E-state index >= 15 is 0 Å². The molecular formula is C27H35ClN4O5S. The van der Waals surface area contributed by atoms with Gasteiger partial charge in [-0.2, -0.15) is 4.98 Å². The number of carbonyl (C=O) groups is 1. The molecule has 0 spiro atoms. The molecule has 1 atom stereocenters. The summed E-state index contributed by atoms with van der Waals surface area (Å²) in [6.45, 7) is 10.5. The molecule has 0 fully saturated rings. The molecule has 0 saturated carbocycles. The van der Waals surface area contributed by atoms with E-state index in [4.69, 9.17) is 10.5 Å². The number of aryl methyl sites for hydroxylation is 2. The summed E-state index contributed by atoms with van der Waals surface area (Å²) in [6.07, 6.45) is 1.72. The van der Waals surface area contributed by atoms with Crippen molar-refractivity contribution in [2.75, 3.05) is 11.3 Å². The third kappa shape index (κ3) is 7.89. The topological polar surface area (TPSA) is 144 Å². The second-order valence-electron chi connectivity index (χ2n) is 9.91. The van der Waals surface area contributed by atoms with E-state index in [1.165, 1.54) is 18.2 Å². The minimum atomic E-state index is -4.18. The summed E-state index contributed by atoms with van der Waals surface area (Å²) >= 11 is 0. The summed E-state index contributed by atoms with van der Waals surface area (Å²) in [5.74, 6) is -1.25. The molecule has 0 radical (unpaired) electrons. The Hall–Kier alpha value is -3.21. The lowest BCUT2D eigenvalue weighted by molar-refractivity contribution is 0.0696. The van der Waals surface area contributed by atoms with Crippen LogP contribution in [0.3, 0.4) is 0 Å². The number of carboxylic acid groups (broad SMARTS) is 1. The molecule has 0 aliphatic heterocycles. The number of sulfonamides is 1. The van der Waals surface area contributed by atoms with E-state index in [1.807, 2.05) is 32.0 Å². The number of aromatic nitrogens is 2. The van der Waals surface area contributed by atoms with Crippen LogP contribution >= 0.6 is 12.4 Å². The standard InChI is InChI=1S/C27H34N4O5S.ClH/c1-6-27(4,5)15-20(28)16-36-23-14-22(24-17(2)9-7-10-18(24)3)29-26(30-23)31-37(34,35)21-12-8-11-19(13-21)25(32)33;/h7-14,20H,6,15-16,28H2,1-5H3,(H,32,33)(H,29,30,31);1H. The van der Waals surface area contributed by atoms with Gasteiger partial charge in [-0.15, -0.1) is 12.4 Å². The van der Waals surface area contributed by atoms with Gasteiger partial charge in [-0.1, -0.05) is 51.5 Å². The molecule has 1 aromatic heterocycles. The number of hydrogen-bond donors (Lipinski definition) is 3. The van der Waals surface area contributed by atoms with Gasteiger partial charge in [-0.05, 0) is 55.0 Å². The predicted octanol–water partition coefficient (Wildman–Crippen LogP) is 5.21. The molecule has 38 heavy (non-hydrogen) atoms. The van der Waals surface area contributed by atoms with Crippen molar-refractivity contribution in [1.82, 2.24) is 9.97 Å². The molecule has 0 aliphatic rings. The van der Waals surface area contributed by atoms with Crippen LogP contribution < -0.4 is 15.2 Å². The van der Waals surface area contributed by atoms with Crippen molar-refractivity contribution < 1.29 is 23.1 Å². The zero-order valence-electron chi connectivity index (χ0n) is 22.2. The Morgan fingerprint density at radius 1 is 1.11 bits per heavy atom. The van der Waals surface area contributed by atoms with Crippen LogP contribution in [0.1, 0.15) is 55.1 Å². The first-order valence-corrected chi connectivity index (χ1v) is 13.5. The normalized spacial score (nSPS) is 12.4. The fourth-order valence-corrected chi connectivity index (χ4v) is 4.96. The number of rotatable bonds is 11. The molecule has 9 nitrogen and oxygen atoms in total. The van der Waals surface area contributed by atoms with E-state index in [-0.39, 0.29) is 52.8 Å². The lowest BCUT2D eigenvalue weighted by atomic mass is 9.84. The van der Waals surface area contributed by atoms with Crippen molar-refractivity contribution in [3.8, 4) is 17.1 Å². The molecule has 1 heterocycles. The molecule has 4 N–H and O–H groups in total. The maximum absolute atomic E-state index is 13.1. The largest absolute Gasteiger partial charge is 0.478 e. The number of aromatic carboxylic acids is 1. The quantitative estimate of drug-likeness (QED) is 0.288. The summed E-state index contributed by atoms with van der Waals surface area (Å²) < 4.78 is 34.5. The Morgan fingerprint density at radius 2 is 1.74 bits per heavy atom. The van der Waals surface area contributed by atoms with Gasteiger partial charge < -0.3 is 15.6 Å². The van der Waals surface area contributed by atoms with Crippen LogP contribution in [0.2, 0.25) is 0 Å². The summed E-state index contributed by atoms with van der Waals surface area (Å²) in [4.78, 5) is 19.8. The van der Waals surface area contributed by atoms with E-state index in [0.29, 0.717) is 5.69 Å². The average molecular weight is 563 g/mol. The first-order valence-electron chi connectivity index (χ1n) is 12.0. The van der Waals surface area contributed by atoms with E-state index in [2.05, 4.69) is 35.5 Å². The minimum absolute atomic E-state index is 0. The molecule has 0 bridgehead atoms. The van der Waals surface area contributed by atoms with Gasteiger partial charge in [0.2, 0.25) is 11.8 Å². The van der Waals surface area contributed by atoms with E-state index < -0.39 is 16.0 Å². The molecule has 2 aromatic carbocycles. The van der Waals surface area contributed by atoms with Crippen LogP contribution in [-0.4, -0.2) is 42.1 Å². The average Bonchev–Trinajstić information content (AvgIpc) is 2.82. The molecule has 0 amide bonds. The smallest absolute Gasteiger partial charge is 0.335 e. The number of nitrogens with zero attached hydrogens (tertiary/aromatic N) is 2. The Kier molecular flexibility index (Phi) is 10.2. The molecule has 206 valence electrons. The summed E-state index contributed by atoms with van der Waals surface area (Å²) in [5, 5.41) is 9.24. The first kappa shape index (κ1) is 31.0. The summed E-state index contributed by atoms with van der Waals surface area (Å²) in [7, 11) is -4.18. The van der Waals surface area contributed by atoms with Crippen LogP contribution in [0, 0.1) is 19.3 Å². The highest BCUT2D eigenvalue weighted by Gasteiger charge is 2.22. The SMILES string of the molecule is CCC(C)(C)CC(N)COc1cc(-c2c(C)cccc2C)nc(NS(=O)(=O)c2cccc(C(=O)O)c2)n1.Cl. The number of hydrogen-bond acceptors (Lipinski definition) is 7. The summed E-state index contributed by atoms with van der Waals surface area (Å²) in [5.41, 5.74) is 9.44. The van der Waals surface area contributed by atoms with E-state index in [9.17, 15) is 18.3 Å². The predicted molar refractivity (Wildman–Crippen MR) is 151 cm³/mol. The van der Waals surface area contributed by atoms with Gasteiger partial charge in [0.15, 0.2) is 0 Å². The number of benzene rings is 2. The van der Waals surface area contributed by atoms with Crippen molar-refractivity contribution in [1.29, 1.82) is 0 Å². The van der Waals surface area contributed by atoms with Gasteiger partial charge in [0.25, 0.3) is 10.0 Å². The zero-order chi connectivity index (χ0) is 27.4. The fourth-order valence-electron chi connectivity index (χ4n) is 3.97. The summed E-state index contributed by atoms with van der Waals surface area (Å²) in [6, 6.07) is 12.3. The van der Waals surface area contributed by atoms with E-state index in [0.717, 1.165) is 35.6 Å². The van der Waals surface area contributed by atoms with Gasteiger partial charge in [-0.3, -0.25) is 0 Å². The second-order valence-corrected chi connectivity index (χ2v) is 11.6. The monoisotopic (exact) mass is 562 g/mol. The number of nitrogens with one attached hydrogen (secondary N) is 1. The van der Waals surface area contributed by atoms with Crippen molar-refractivity contribution >= 4 is 34.3 Å². The Morgan fingerprint density at radius 3 is 2.34 bits per heavy atom. The maximum atomic E-state index is 13.1. The highest BCUT2D eigenvalue weighted by molar-refractivity contribution is 7.92. The minimum Gasteiger partial charge on any atom is -0.478 e. The Labute approximate surface area is 230 Å².